The van der Waals surface area contributed by atoms with Gasteiger partial charge in [-0.05, 0) is 66.5 Å². The molecule has 14 nitrogen and oxygen atoms in total. The number of aliphatic hydroxyl groups is 1. The molecule has 1 fully saturated rings. The molecule has 1 saturated heterocycles. The van der Waals surface area contributed by atoms with Gasteiger partial charge in [-0.3, -0.25) is 20.0 Å². The van der Waals surface area contributed by atoms with Crippen LogP contribution in [-0.2, 0) is 33.8 Å². The number of hydrogen-bond acceptors (Lipinski definition) is 9. The molecule has 1 aliphatic heterocycles. The van der Waals surface area contributed by atoms with Crippen molar-refractivity contribution in [2.75, 3.05) is 33.9 Å². The summed E-state index contributed by atoms with van der Waals surface area (Å²) >= 11 is 0. The minimum Gasteiger partial charge on any atom is -0.496 e. The van der Waals surface area contributed by atoms with E-state index < -0.39 is 41.6 Å². The monoisotopic (exact) mass is 787 g/mol. The second kappa shape index (κ2) is 20.3. The Bertz CT molecular complexity index is 1820. The van der Waals surface area contributed by atoms with Gasteiger partial charge >= 0.3 is 12.1 Å². The van der Waals surface area contributed by atoms with Crippen LogP contribution >= 0.6 is 0 Å². The lowest BCUT2D eigenvalue weighted by Gasteiger charge is -2.36. The number of urea groups is 1. The number of carbonyl (C=O) groups excluding carboxylic acids is 4. The fourth-order valence-corrected chi connectivity index (χ4v) is 7.07. The number of rotatable bonds is 18. The SMILES string of the molecule is CCC(C)C(C(=O)NC(Cc1ccccc1)C(O)CN(Cc1ccc(OC)c(C)c1)NC(=O)C(NC(=O)OC)C(C)(C)C)N1CCN(Cc2cccc(C)n2)C1=O. The minimum atomic E-state index is -1.20. The van der Waals surface area contributed by atoms with Crippen molar-refractivity contribution in [1.29, 1.82) is 0 Å². The zero-order chi connectivity index (χ0) is 41.9. The summed E-state index contributed by atoms with van der Waals surface area (Å²) < 4.78 is 10.3. The first-order valence-corrected chi connectivity index (χ1v) is 19.6. The number of aryl methyl sites for hydroxylation is 2. The lowest BCUT2D eigenvalue weighted by atomic mass is 9.86. The summed E-state index contributed by atoms with van der Waals surface area (Å²) in [5, 5.41) is 19.5. The number of benzene rings is 2. The van der Waals surface area contributed by atoms with E-state index in [1.54, 1.807) is 21.9 Å². The van der Waals surface area contributed by atoms with Crippen molar-refractivity contribution in [2.45, 2.75) is 98.6 Å². The predicted molar refractivity (Wildman–Crippen MR) is 218 cm³/mol. The van der Waals surface area contributed by atoms with Crippen LogP contribution in [0.25, 0.3) is 0 Å². The predicted octanol–water partition coefficient (Wildman–Crippen LogP) is 4.75. The van der Waals surface area contributed by atoms with Gasteiger partial charge in [-0.1, -0.05) is 89.6 Å². The molecule has 0 aliphatic carbocycles. The maximum Gasteiger partial charge on any atom is 0.407 e. The number of methoxy groups -OCH3 is 2. The Morgan fingerprint density at radius 2 is 1.67 bits per heavy atom. The van der Waals surface area contributed by atoms with Gasteiger partial charge in [-0.25, -0.2) is 14.6 Å². The molecule has 0 radical (unpaired) electrons. The molecule has 0 saturated carbocycles. The van der Waals surface area contributed by atoms with Crippen molar-refractivity contribution < 1.29 is 33.8 Å². The zero-order valence-electron chi connectivity index (χ0n) is 34.9. The summed E-state index contributed by atoms with van der Waals surface area (Å²) in [5.41, 5.74) is 6.47. The third-order valence-electron chi connectivity index (χ3n) is 10.4. The molecule has 4 N–H and O–H groups in total. The van der Waals surface area contributed by atoms with Gasteiger partial charge < -0.3 is 35.0 Å². The number of aromatic nitrogens is 1. The highest BCUT2D eigenvalue weighted by atomic mass is 16.5. The van der Waals surface area contributed by atoms with Gasteiger partial charge in [-0.15, -0.1) is 0 Å². The number of nitrogens with one attached hydrogen (secondary N) is 3. The van der Waals surface area contributed by atoms with E-state index in [-0.39, 0.29) is 37.4 Å². The van der Waals surface area contributed by atoms with Crippen LogP contribution in [0.1, 0.15) is 69.1 Å². The van der Waals surface area contributed by atoms with Crippen LogP contribution in [0.4, 0.5) is 9.59 Å². The Morgan fingerprint density at radius 1 is 0.947 bits per heavy atom. The van der Waals surface area contributed by atoms with Crippen LogP contribution in [-0.4, -0.2) is 107 Å². The molecule has 0 bridgehead atoms. The van der Waals surface area contributed by atoms with Gasteiger partial charge in [-0.2, -0.15) is 0 Å². The number of carbonyl (C=O) groups is 4. The molecule has 14 heteroatoms. The maximum absolute atomic E-state index is 14.5. The van der Waals surface area contributed by atoms with E-state index in [0.29, 0.717) is 31.8 Å². The van der Waals surface area contributed by atoms with E-state index in [4.69, 9.17) is 9.47 Å². The smallest absolute Gasteiger partial charge is 0.407 e. The highest BCUT2D eigenvalue weighted by Crippen LogP contribution is 2.24. The Labute approximate surface area is 337 Å². The van der Waals surface area contributed by atoms with Crippen LogP contribution in [0.2, 0.25) is 0 Å². The van der Waals surface area contributed by atoms with Crippen LogP contribution in [0.3, 0.4) is 0 Å². The average molecular weight is 788 g/mol. The van der Waals surface area contributed by atoms with Gasteiger partial charge in [0, 0.05) is 31.9 Å². The van der Waals surface area contributed by atoms with E-state index in [2.05, 4.69) is 21.0 Å². The molecule has 310 valence electrons. The summed E-state index contributed by atoms with van der Waals surface area (Å²) in [6.07, 6.45) is -1.04. The molecule has 2 heterocycles. The van der Waals surface area contributed by atoms with E-state index in [9.17, 15) is 24.3 Å². The molecular weight excluding hydrogens is 727 g/mol. The first-order valence-electron chi connectivity index (χ1n) is 19.6. The lowest BCUT2D eigenvalue weighted by Crippen LogP contribution is -2.60. The van der Waals surface area contributed by atoms with E-state index in [1.807, 2.05) is 115 Å². The first kappa shape index (κ1) is 44.5. The number of amides is 5. The number of aliphatic hydroxyl groups excluding tert-OH is 1. The Balaban J connectivity index is 1.63. The summed E-state index contributed by atoms with van der Waals surface area (Å²) in [5.74, 6) is -0.364. The summed E-state index contributed by atoms with van der Waals surface area (Å²) in [6.45, 7) is 14.5. The first-order chi connectivity index (χ1) is 27.0. The van der Waals surface area contributed by atoms with Gasteiger partial charge in [0.2, 0.25) is 5.91 Å². The average Bonchev–Trinajstić information content (AvgIpc) is 3.51. The second-order valence-electron chi connectivity index (χ2n) is 16.0. The largest absolute Gasteiger partial charge is 0.496 e. The van der Waals surface area contributed by atoms with Crippen LogP contribution in [0.5, 0.6) is 5.75 Å². The van der Waals surface area contributed by atoms with Crippen molar-refractivity contribution in [3.63, 3.8) is 0 Å². The Kier molecular flexibility index (Phi) is 15.8. The Hall–Kier alpha value is -5.21. The minimum absolute atomic E-state index is 0.0996. The van der Waals surface area contributed by atoms with Crippen molar-refractivity contribution in [2.24, 2.45) is 11.3 Å². The molecule has 3 aromatic rings. The highest BCUT2D eigenvalue weighted by Gasteiger charge is 2.41. The number of pyridine rings is 1. The third-order valence-corrected chi connectivity index (χ3v) is 10.4. The molecule has 5 unspecified atom stereocenters. The topological polar surface area (TPSA) is 166 Å². The van der Waals surface area contributed by atoms with Gasteiger partial charge in [0.05, 0.1) is 38.6 Å². The molecule has 1 aromatic heterocycles. The Morgan fingerprint density at radius 3 is 2.28 bits per heavy atom. The van der Waals surface area contributed by atoms with Crippen molar-refractivity contribution in [1.82, 2.24) is 35.9 Å². The fraction of sp³-hybridized carbons (Fsp3) is 0.512. The molecule has 57 heavy (non-hydrogen) atoms. The van der Waals surface area contributed by atoms with E-state index >= 15 is 0 Å². The van der Waals surface area contributed by atoms with Crippen LogP contribution in [0, 0.1) is 25.2 Å². The summed E-state index contributed by atoms with van der Waals surface area (Å²) in [4.78, 5) is 62.5. The molecule has 0 spiro atoms. The normalized spacial score (nSPS) is 15.7. The van der Waals surface area contributed by atoms with E-state index in [0.717, 1.165) is 28.1 Å². The second-order valence-corrected chi connectivity index (χ2v) is 16.0. The van der Waals surface area contributed by atoms with Gasteiger partial charge in [0.25, 0.3) is 5.91 Å². The molecule has 1 aliphatic rings. The quantitative estimate of drug-likeness (QED) is 0.133. The van der Waals surface area contributed by atoms with Crippen LogP contribution in [0.15, 0.2) is 66.7 Å². The standard InChI is InChI=1S/C43H61N7O7/c1-10-28(2)37(50-22-21-48(42(50)55)26-33-18-14-15-30(4)44-33)39(52)45-34(24-31-16-12-11-13-17-31)35(51)27-49(25-32-19-20-36(56-8)29(3)23-32)47-40(53)38(43(5,6)7)46-41(54)57-9/h11-20,23,28,34-35,37-38,51H,10,21-22,24-27H2,1-9H3,(H,45,52)(H,46,54)(H,47,53). The molecule has 2 aromatic carbocycles. The highest BCUT2D eigenvalue weighted by molar-refractivity contribution is 5.88. The number of ether oxygens (including phenoxy) is 2. The maximum atomic E-state index is 14.5. The number of alkyl carbamates (subject to hydrolysis) is 1. The lowest BCUT2D eigenvalue weighted by molar-refractivity contribution is -0.132. The van der Waals surface area contributed by atoms with Crippen LogP contribution < -0.4 is 20.8 Å². The van der Waals surface area contributed by atoms with Gasteiger partial charge in [0.15, 0.2) is 0 Å². The van der Waals surface area contributed by atoms with Crippen molar-refractivity contribution >= 4 is 23.9 Å². The molecule has 5 amide bonds. The zero-order valence-corrected chi connectivity index (χ0v) is 34.9. The third kappa shape index (κ3) is 12.4. The molecule has 5 atom stereocenters. The number of hydrazine groups is 1. The number of hydrogen-bond donors (Lipinski definition) is 4. The van der Waals surface area contributed by atoms with Gasteiger partial charge in [0.1, 0.15) is 17.8 Å². The summed E-state index contributed by atoms with van der Waals surface area (Å²) in [6, 6.07) is 18.0. The molecular formula is C43H61N7O7. The van der Waals surface area contributed by atoms with E-state index in [1.165, 1.54) is 7.11 Å². The summed E-state index contributed by atoms with van der Waals surface area (Å²) in [7, 11) is 2.82. The number of nitrogens with zero attached hydrogens (tertiary/aromatic N) is 4. The van der Waals surface area contributed by atoms with Crippen molar-refractivity contribution in [3.8, 4) is 5.75 Å². The van der Waals surface area contributed by atoms with Crippen molar-refractivity contribution in [3.05, 3.63) is 94.8 Å². The fourth-order valence-electron chi connectivity index (χ4n) is 7.07. The molecule has 4 rings (SSSR count).